The molecule has 0 saturated heterocycles. The van der Waals surface area contributed by atoms with Crippen LogP contribution in [0.2, 0.25) is 0 Å². The number of furan rings is 1. The molecule has 0 unspecified atom stereocenters. The van der Waals surface area contributed by atoms with E-state index in [1.807, 2.05) is 60.7 Å². The SMILES string of the molecule is Cc1nc2ccccc2n(CCCN(C)C(=O)c2ccc3c(c2)oc2ccccc23)c1=O. The van der Waals surface area contributed by atoms with E-state index in [9.17, 15) is 9.59 Å². The fourth-order valence-electron chi connectivity index (χ4n) is 4.19. The van der Waals surface area contributed by atoms with Crippen molar-refractivity contribution >= 4 is 38.9 Å². The second kappa shape index (κ2) is 7.96. The number of rotatable bonds is 5. The summed E-state index contributed by atoms with van der Waals surface area (Å²) < 4.78 is 7.66. The Morgan fingerprint density at radius 2 is 1.75 bits per heavy atom. The van der Waals surface area contributed by atoms with Crippen LogP contribution < -0.4 is 5.56 Å². The maximum Gasteiger partial charge on any atom is 0.272 e. The van der Waals surface area contributed by atoms with Crippen molar-refractivity contribution < 1.29 is 9.21 Å². The highest BCUT2D eigenvalue weighted by Crippen LogP contribution is 2.29. The van der Waals surface area contributed by atoms with Gasteiger partial charge >= 0.3 is 0 Å². The van der Waals surface area contributed by atoms with E-state index in [0.717, 1.165) is 27.4 Å². The lowest BCUT2D eigenvalue weighted by Gasteiger charge is -2.18. The van der Waals surface area contributed by atoms with Crippen molar-refractivity contribution in [2.45, 2.75) is 19.9 Å². The molecule has 0 radical (unpaired) electrons. The lowest BCUT2D eigenvalue weighted by Crippen LogP contribution is -2.30. The number of amides is 1. The Hall–Kier alpha value is -3.93. The largest absolute Gasteiger partial charge is 0.456 e. The van der Waals surface area contributed by atoms with Gasteiger partial charge in [0.05, 0.1) is 11.0 Å². The van der Waals surface area contributed by atoms with Gasteiger partial charge in [-0.25, -0.2) is 4.98 Å². The lowest BCUT2D eigenvalue weighted by atomic mass is 10.1. The van der Waals surface area contributed by atoms with Crippen molar-refractivity contribution in [1.82, 2.24) is 14.5 Å². The third-order valence-electron chi connectivity index (χ3n) is 5.86. The fraction of sp³-hybridized carbons (Fsp3) is 0.192. The van der Waals surface area contributed by atoms with E-state index in [2.05, 4.69) is 4.98 Å². The van der Waals surface area contributed by atoms with Crippen LogP contribution in [0.15, 0.2) is 75.9 Å². The van der Waals surface area contributed by atoms with Crippen LogP contribution in [0.5, 0.6) is 0 Å². The molecule has 0 aliphatic heterocycles. The third-order valence-corrected chi connectivity index (χ3v) is 5.86. The topological polar surface area (TPSA) is 68.3 Å². The standard InChI is InChI=1S/C26H23N3O3/c1-17-25(30)29(22-10-5-4-9-21(22)27-17)15-7-14-28(2)26(31)18-12-13-20-19-8-3-6-11-23(19)32-24(20)16-18/h3-6,8-13,16H,7,14-15H2,1-2H3. The van der Waals surface area contributed by atoms with Crippen molar-refractivity contribution in [1.29, 1.82) is 0 Å². The summed E-state index contributed by atoms with van der Waals surface area (Å²) in [5, 5.41) is 2.04. The van der Waals surface area contributed by atoms with Gasteiger partial charge in [0.2, 0.25) is 0 Å². The van der Waals surface area contributed by atoms with Crippen molar-refractivity contribution in [2.24, 2.45) is 0 Å². The summed E-state index contributed by atoms with van der Waals surface area (Å²) in [4.78, 5) is 31.7. The van der Waals surface area contributed by atoms with Gasteiger partial charge in [0, 0.05) is 36.5 Å². The summed E-state index contributed by atoms with van der Waals surface area (Å²) in [6.45, 7) is 2.78. The Kier molecular flexibility index (Phi) is 4.98. The molecule has 2 heterocycles. The molecule has 0 bridgehead atoms. The molecule has 3 aromatic carbocycles. The number of hydrogen-bond donors (Lipinski definition) is 0. The molecule has 160 valence electrons. The molecule has 0 N–H and O–H groups in total. The van der Waals surface area contributed by atoms with Crippen molar-refractivity contribution in [2.75, 3.05) is 13.6 Å². The first-order chi connectivity index (χ1) is 15.5. The average molecular weight is 425 g/mol. The number of aryl methyl sites for hydroxylation is 2. The molecule has 32 heavy (non-hydrogen) atoms. The molecule has 0 atom stereocenters. The summed E-state index contributed by atoms with van der Waals surface area (Å²) in [5.74, 6) is -0.0736. The molecular formula is C26H23N3O3. The fourth-order valence-corrected chi connectivity index (χ4v) is 4.19. The quantitative estimate of drug-likeness (QED) is 0.407. The van der Waals surface area contributed by atoms with Gasteiger partial charge in [0.1, 0.15) is 16.9 Å². The highest BCUT2D eigenvalue weighted by Gasteiger charge is 2.15. The predicted octanol–water partition coefficient (Wildman–Crippen LogP) is 4.77. The van der Waals surface area contributed by atoms with Crippen LogP contribution in [0.25, 0.3) is 33.0 Å². The van der Waals surface area contributed by atoms with Gasteiger partial charge in [-0.15, -0.1) is 0 Å². The van der Waals surface area contributed by atoms with E-state index >= 15 is 0 Å². The third kappa shape index (κ3) is 3.43. The summed E-state index contributed by atoms with van der Waals surface area (Å²) in [6, 6.07) is 21.1. The zero-order chi connectivity index (χ0) is 22.2. The first kappa shape index (κ1) is 20.0. The van der Waals surface area contributed by atoms with Gasteiger partial charge in [0.25, 0.3) is 11.5 Å². The Morgan fingerprint density at radius 1 is 1.00 bits per heavy atom. The molecule has 0 spiro atoms. The maximum atomic E-state index is 13.0. The number of nitrogens with zero attached hydrogens (tertiary/aromatic N) is 3. The van der Waals surface area contributed by atoms with Crippen LogP contribution in [0.3, 0.4) is 0 Å². The van der Waals surface area contributed by atoms with Gasteiger partial charge in [-0.05, 0) is 49.7 Å². The second-order valence-electron chi connectivity index (χ2n) is 8.03. The van der Waals surface area contributed by atoms with Crippen molar-refractivity contribution in [3.8, 4) is 0 Å². The smallest absolute Gasteiger partial charge is 0.272 e. The number of carbonyl (C=O) groups excluding carboxylic acids is 1. The van der Waals surface area contributed by atoms with Gasteiger partial charge in [0.15, 0.2) is 0 Å². The molecule has 0 saturated carbocycles. The van der Waals surface area contributed by atoms with E-state index in [-0.39, 0.29) is 11.5 Å². The van der Waals surface area contributed by atoms with E-state index < -0.39 is 0 Å². The molecule has 5 aromatic rings. The Bertz CT molecular complexity index is 1530. The van der Waals surface area contributed by atoms with E-state index in [4.69, 9.17) is 4.42 Å². The zero-order valence-corrected chi connectivity index (χ0v) is 18.0. The van der Waals surface area contributed by atoms with E-state index in [0.29, 0.717) is 36.4 Å². The zero-order valence-electron chi connectivity index (χ0n) is 18.0. The summed E-state index contributed by atoms with van der Waals surface area (Å²) in [5.41, 5.74) is 4.10. The molecule has 0 fully saturated rings. The number of fused-ring (bicyclic) bond motifs is 4. The number of carbonyl (C=O) groups is 1. The van der Waals surface area contributed by atoms with Crippen molar-refractivity contribution in [3.63, 3.8) is 0 Å². The molecule has 2 aromatic heterocycles. The van der Waals surface area contributed by atoms with Gasteiger partial charge in [-0.1, -0.05) is 30.3 Å². The Morgan fingerprint density at radius 3 is 2.62 bits per heavy atom. The number of benzene rings is 3. The molecular weight excluding hydrogens is 402 g/mol. The van der Waals surface area contributed by atoms with Crippen LogP contribution in [-0.2, 0) is 6.54 Å². The molecule has 5 rings (SSSR count). The average Bonchev–Trinajstić information content (AvgIpc) is 3.18. The van der Waals surface area contributed by atoms with Gasteiger partial charge in [-0.3, -0.25) is 9.59 Å². The minimum Gasteiger partial charge on any atom is -0.456 e. The van der Waals surface area contributed by atoms with Gasteiger partial charge in [-0.2, -0.15) is 0 Å². The lowest BCUT2D eigenvalue weighted by molar-refractivity contribution is 0.0792. The van der Waals surface area contributed by atoms with E-state index in [1.54, 1.807) is 29.5 Å². The highest BCUT2D eigenvalue weighted by atomic mass is 16.3. The highest BCUT2D eigenvalue weighted by molar-refractivity contribution is 6.07. The van der Waals surface area contributed by atoms with Crippen molar-refractivity contribution in [3.05, 3.63) is 88.3 Å². The van der Waals surface area contributed by atoms with Crippen LogP contribution >= 0.6 is 0 Å². The summed E-state index contributed by atoms with van der Waals surface area (Å²) >= 11 is 0. The number of hydrogen-bond acceptors (Lipinski definition) is 4. The van der Waals surface area contributed by atoms with E-state index in [1.165, 1.54) is 0 Å². The first-order valence-electron chi connectivity index (χ1n) is 10.7. The number of para-hydroxylation sites is 3. The molecule has 6 heteroatoms. The normalized spacial score (nSPS) is 11.4. The van der Waals surface area contributed by atoms with Crippen LogP contribution in [0, 0.1) is 6.92 Å². The monoisotopic (exact) mass is 425 g/mol. The van der Waals surface area contributed by atoms with Crippen LogP contribution in [0.4, 0.5) is 0 Å². The first-order valence-corrected chi connectivity index (χ1v) is 10.7. The molecule has 0 aliphatic rings. The molecule has 1 amide bonds. The Labute approximate surface area is 184 Å². The summed E-state index contributed by atoms with van der Waals surface area (Å²) in [7, 11) is 1.78. The summed E-state index contributed by atoms with van der Waals surface area (Å²) in [6.07, 6.45) is 0.655. The van der Waals surface area contributed by atoms with Crippen LogP contribution in [-0.4, -0.2) is 34.0 Å². The Balaban J connectivity index is 1.33. The second-order valence-corrected chi connectivity index (χ2v) is 8.03. The van der Waals surface area contributed by atoms with Gasteiger partial charge < -0.3 is 13.9 Å². The minimum absolute atomic E-state index is 0.0736. The number of aromatic nitrogens is 2. The maximum absolute atomic E-state index is 13.0. The minimum atomic E-state index is -0.0898. The molecule has 6 nitrogen and oxygen atoms in total. The molecule has 0 aliphatic carbocycles. The van der Waals surface area contributed by atoms with Crippen LogP contribution in [0.1, 0.15) is 22.5 Å². The predicted molar refractivity (Wildman–Crippen MR) is 126 cm³/mol.